The van der Waals surface area contributed by atoms with Crippen LogP contribution in [0.1, 0.15) is 5.56 Å². The van der Waals surface area contributed by atoms with Gasteiger partial charge in [0.2, 0.25) is 0 Å². The van der Waals surface area contributed by atoms with Crippen LogP contribution in [0.5, 0.6) is 0 Å². The lowest BCUT2D eigenvalue weighted by Gasteiger charge is -2.00. The number of hydrogen-bond acceptors (Lipinski definition) is 2. The highest BCUT2D eigenvalue weighted by Crippen LogP contribution is 2.01. The Morgan fingerprint density at radius 1 is 1.31 bits per heavy atom. The van der Waals surface area contributed by atoms with E-state index < -0.39 is 0 Å². The summed E-state index contributed by atoms with van der Waals surface area (Å²) in [5.74, 6) is 0. The second-order valence-corrected chi connectivity index (χ2v) is 3.19. The van der Waals surface area contributed by atoms with Crippen molar-refractivity contribution in [2.24, 2.45) is 0 Å². The summed E-state index contributed by atoms with van der Waals surface area (Å²) in [5.41, 5.74) is 1.21. The molecule has 2 rings (SSSR count). The van der Waals surface area contributed by atoms with Gasteiger partial charge in [0, 0.05) is 0 Å². The molecule has 1 N–H and O–H groups in total. The van der Waals surface area contributed by atoms with Gasteiger partial charge < -0.3 is 0 Å². The first-order chi connectivity index (χ1) is 6.36. The van der Waals surface area contributed by atoms with Crippen molar-refractivity contribution in [2.75, 3.05) is 0 Å². The molecule has 0 unspecified atom stereocenters. The third-order valence-corrected chi connectivity index (χ3v) is 2.13. The molecule has 0 spiro atoms. The molecule has 66 valence electrons. The molecule has 0 amide bonds. The SMILES string of the molecule is S=c1cn[nH]n1Cc1ccccc1. The van der Waals surface area contributed by atoms with Gasteiger partial charge in [0.15, 0.2) is 0 Å². The van der Waals surface area contributed by atoms with Crippen molar-refractivity contribution in [3.63, 3.8) is 0 Å². The molecule has 1 aromatic carbocycles. The second kappa shape index (κ2) is 3.53. The molecule has 13 heavy (non-hydrogen) atoms. The molecule has 1 heterocycles. The number of H-pyrrole nitrogens is 1. The van der Waals surface area contributed by atoms with Crippen LogP contribution in [0.3, 0.4) is 0 Å². The standard InChI is InChI=1S/C9H9N3S/c13-9-6-10-11-12(9)7-8-4-2-1-3-5-8/h1-6,11H,7H2. The predicted molar refractivity (Wildman–Crippen MR) is 53.0 cm³/mol. The summed E-state index contributed by atoms with van der Waals surface area (Å²) in [5, 5.41) is 6.67. The summed E-state index contributed by atoms with van der Waals surface area (Å²) in [6.45, 7) is 0.750. The number of hydrogen-bond donors (Lipinski definition) is 1. The fourth-order valence-electron chi connectivity index (χ4n) is 1.15. The zero-order valence-corrected chi connectivity index (χ0v) is 7.79. The van der Waals surface area contributed by atoms with Crippen LogP contribution < -0.4 is 0 Å². The van der Waals surface area contributed by atoms with Gasteiger partial charge in [-0.2, -0.15) is 5.10 Å². The van der Waals surface area contributed by atoms with Crippen LogP contribution in [0, 0.1) is 4.64 Å². The van der Waals surface area contributed by atoms with E-state index >= 15 is 0 Å². The molecule has 0 atom stereocenters. The Morgan fingerprint density at radius 3 is 2.69 bits per heavy atom. The van der Waals surface area contributed by atoms with Gasteiger partial charge in [0.05, 0.1) is 12.7 Å². The Hall–Kier alpha value is -1.42. The lowest BCUT2D eigenvalue weighted by atomic mass is 10.2. The minimum atomic E-state index is 0.726. The summed E-state index contributed by atoms with van der Waals surface area (Å²) in [6, 6.07) is 10.1. The van der Waals surface area contributed by atoms with Crippen molar-refractivity contribution < 1.29 is 0 Å². The Balaban J connectivity index is 2.25. The van der Waals surface area contributed by atoms with Crippen LogP contribution in [-0.4, -0.2) is 15.0 Å². The van der Waals surface area contributed by atoms with E-state index in [0.717, 1.165) is 11.2 Å². The first-order valence-corrected chi connectivity index (χ1v) is 4.41. The molecular formula is C9H9N3S. The van der Waals surface area contributed by atoms with Gasteiger partial charge in [0.1, 0.15) is 4.64 Å². The van der Waals surface area contributed by atoms with Crippen LogP contribution in [0.25, 0.3) is 0 Å². The summed E-state index contributed by atoms with van der Waals surface area (Å²) in [4.78, 5) is 0. The summed E-state index contributed by atoms with van der Waals surface area (Å²) >= 11 is 5.05. The van der Waals surface area contributed by atoms with Crippen LogP contribution in [0.4, 0.5) is 0 Å². The fourth-order valence-corrected chi connectivity index (χ4v) is 1.31. The molecule has 0 radical (unpaired) electrons. The lowest BCUT2D eigenvalue weighted by Crippen LogP contribution is -2.01. The highest BCUT2D eigenvalue weighted by Gasteiger charge is 1.94. The van der Waals surface area contributed by atoms with E-state index in [0.29, 0.717) is 0 Å². The van der Waals surface area contributed by atoms with Crippen molar-refractivity contribution in [2.45, 2.75) is 6.54 Å². The smallest absolute Gasteiger partial charge is 0.142 e. The van der Waals surface area contributed by atoms with Gasteiger partial charge in [-0.25, -0.2) is 5.21 Å². The van der Waals surface area contributed by atoms with Crippen LogP contribution in [-0.2, 0) is 6.54 Å². The van der Waals surface area contributed by atoms with E-state index in [1.54, 1.807) is 6.20 Å². The number of aromatic nitrogens is 3. The first kappa shape index (κ1) is 8.19. The highest BCUT2D eigenvalue weighted by molar-refractivity contribution is 7.71. The first-order valence-electron chi connectivity index (χ1n) is 4.00. The topological polar surface area (TPSA) is 33.6 Å². The van der Waals surface area contributed by atoms with Gasteiger partial charge in [-0.15, -0.1) is 0 Å². The number of aromatic amines is 1. The fraction of sp³-hybridized carbons (Fsp3) is 0.111. The molecule has 0 aliphatic rings. The Kier molecular flexibility index (Phi) is 2.23. The molecule has 0 bridgehead atoms. The maximum Gasteiger partial charge on any atom is 0.142 e. The third-order valence-electron chi connectivity index (χ3n) is 1.80. The van der Waals surface area contributed by atoms with Gasteiger partial charge in [0.25, 0.3) is 0 Å². The van der Waals surface area contributed by atoms with Crippen molar-refractivity contribution in [3.8, 4) is 0 Å². The largest absolute Gasteiger partial charge is 0.255 e. The number of rotatable bonds is 2. The average Bonchev–Trinajstić information content (AvgIpc) is 2.54. The Bertz CT molecular complexity index is 429. The molecular weight excluding hydrogens is 182 g/mol. The molecule has 3 nitrogen and oxygen atoms in total. The predicted octanol–water partition coefficient (Wildman–Crippen LogP) is 1.99. The van der Waals surface area contributed by atoms with Crippen molar-refractivity contribution >= 4 is 12.2 Å². The zero-order valence-electron chi connectivity index (χ0n) is 6.97. The molecule has 0 fully saturated rings. The quantitative estimate of drug-likeness (QED) is 0.736. The molecule has 0 aliphatic carbocycles. The summed E-state index contributed by atoms with van der Waals surface area (Å²) < 4.78 is 2.55. The Labute approximate surface area is 81.0 Å². The van der Waals surface area contributed by atoms with Crippen molar-refractivity contribution in [1.29, 1.82) is 0 Å². The minimum absolute atomic E-state index is 0.726. The molecule has 0 saturated heterocycles. The summed E-state index contributed by atoms with van der Waals surface area (Å²) in [6.07, 6.45) is 1.64. The minimum Gasteiger partial charge on any atom is -0.255 e. The lowest BCUT2D eigenvalue weighted by molar-refractivity contribution is 0.643. The average molecular weight is 191 g/mol. The van der Waals surface area contributed by atoms with Crippen LogP contribution in [0.15, 0.2) is 36.5 Å². The Morgan fingerprint density at radius 2 is 2.08 bits per heavy atom. The van der Waals surface area contributed by atoms with E-state index in [9.17, 15) is 0 Å². The van der Waals surface area contributed by atoms with Crippen molar-refractivity contribution in [3.05, 3.63) is 46.7 Å². The molecule has 2 aromatic rings. The monoisotopic (exact) mass is 191 g/mol. The van der Waals surface area contributed by atoms with Gasteiger partial charge >= 0.3 is 0 Å². The molecule has 4 heteroatoms. The number of nitrogens with zero attached hydrogens (tertiary/aromatic N) is 2. The third kappa shape index (κ3) is 1.84. The van der Waals surface area contributed by atoms with Gasteiger partial charge in [-0.3, -0.25) is 4.68 Å². The molecule has 0 aliphatic heterocycles. The van der Waals surface area contributed by atoms with E-state index in [-0.39, 0.29) is 0 Å². The van der Waals surface area contributed by atoms with Crippen LogP contribution in [0.2, 0.25) is 0 Å². The van der Waals surface area contributed by atoms with E-state index in [1.165, 1.54) is 5.56 Å². The summed E-state index contributed by atoms with van der Waals surface area (Å²) in [7, 11) is 0. The zero-order chi connectivity index (χ0) is 9.10. The van der Waals surface area contributed by atoms with E-state index in [2.05, 4.69) is 22.4 Å². The number of benzene rings is 1. The van der Waals surface area contributed by atoms with Crippen molar-refractivity contribution in [1.82, 2.24) is 15.0 Å². The van der Waals surface area contributed by atoms with Gasteiger partial charge in [-0.1, -0.05) is 42.5 Å². The van der Waals surface area contributed by atoms with E-state index in [4.69, 9.17) is 12.2 Å². The van der Waals surface area contributed by atoms with Gasteiger partial charge in [-0.05, 0) is 5.56 Å². The second-order valence-electron chi connectivity index (χ2n) is 2.77. The van der Waals surface area contributed by atoms with E-state index in [1.807, 2.05) is 22.9 Å². The molecule has 0 saturated carbocycles. The molecule has 1 aromatic heterocycles. The number of nitrogens with one attached hydrogen (secondary N) is 1. The maximum absolute atomic E-state index is 5.05. The maximum atomic E-state index is 5.05. The van der Waals surface area contributed by atoms with Crippen LogP contribution >= 0.6 is 12.2 Å². The normalized spacial score (nSPS) is 10.2. The highest BCUT2D eigenvalue weighted by atomic mass is 32.1.